The summed E-state index contributed by atoms with van der Waals surface area (Å²) in [6.07, 6.45) is 1.54. The fourth-order valence-corrected chi connectivity index (χ4v) is 5.72. The fourth-order valence-electron chi connectivity index (χ4n) is 4.16. The van der Waals surface area contributed by atoms with E-state index in [0.717, 1.165) is 26.9 Å². The van der Waals surface area contributed by atoms with Gasteiger partial charge in [-0.2, -0.15) is 5.10 Å². The highest BCUT2D eigenvalue weighted by Crippen LogP contribution is 2.26. The molecule has 8 nitrogen and oxygen atoms in total. The molecule has 0 saturated heterocycles. The molecule has 1 amide bonds. The number of hydrazone groups is 1. The Morgan fingerprint density at radius 2 is 1.69 bits per heavy atom. The van der Waals surface area contributed by atoms with Gasteiger partial charge < -0.3 is 9.30 Å². The Bertz CT molecular complexity index is 1570. The Balaban J connectivity index is 1.54. The predicted octanol–water partition coefficient (Wildman–Crippen LogP) is 5.49. The number of aromatic nitrogens is 1. The highest BCUT2D eigenvalue weighted by molar-refractivity contribution is 7.92. The largest absolute Gasteiger partial charge is 0.494 e. The second-order valence-electron chi connectivity index (χ2n) is 8.68. The number of rotatable bonds is 10. The van der Waals surface area contributed by atoms with Crippen molar-refractivity contribution in [2.24, 2.45) is 5.10 Å². The molecule has 0 spiro atoms. The van der Waals surface area contributed by atoms with Crippen LogP contribution in [0.4, 0.5) is 5.69 Å². The van der Waals surface area contributed by atoms with Gasteiger partial charge in [0, 0.05) is 27.7 Å². The molecule has 0 saturated carbocycles. The standard InChI is InChI=1S/C29H29ClN4O4S/c1-4-38-27-16-14-25(15-17-27)33(39(36,37)28-8-6-5-7-9-28)20-29(35)32-31-19-23-18-21(2)34(22(23)3)26-12-10-24(30)11-13-26/h5-19H,4,20H2,1-3H3,(H,32,35)/b31-19-. The van der Waals surface area contributed by atoms with Crippen LogP contribution in [0.3, 0.4) is 0 Å². The summed E-state index contributed by atoms with van der Waals surface area (Å²) in [5, 5.41) is 4.76. The molecule has 0 aliphatic carbocycles. The molecule has 1 aromatic heterocycles. The van der Waals surface area contributed by atoms with Gasteiger partial charge in [-0.3, -0.25) is 9.10 Å². The lowest BCUT2D eigenvalue weighted by atomic mass is 10.2. The maximum atomic E-state index is 13.5. The van der Waals surface area contributed by atoms with Crippen molar-refractivity contribution < 1.29 is 17.9 Å². The van der Waals surface area contributed by atoms with E-state index in [1.807, 2.05) is 51.1 Å². The molecule has 0 radical (unpaired) electrons. The average Bonchev–Trinajstić information content (AvgIpc) is 3.21. The van der Waals surface area contributed by atoms with Crippen molar-refractivity contribution in [3.8, 4) is 11.4 Å². The average molecular weight is 565 g/mol. The number of halogens is 1. The van der Waals surface area contributed by atoms with Gasteiger partial charge in [0.1, 0.15) is 12.3 Å². The summed E-state index contributed by atoms with van der Waals surface area (Å²) in [5.41, 5.74) is 6.46. The normalized spacial score (nSPS) is 11.5. The van der Waals surface area contributed by atoms with Gasteiger partial charge in [-0.25, -0.2) is 13.8 Å². The Kier molecular flexibility index (Phi) is 8.73. The van der Waals surface area contributed by atoms with Crippen LogP contribution < -0.4 is 14.5 Å². The molecule has 0 aliphatic heterocycles. The summed E-state index contributed by atoms with van der Waals surface area (Å²) >= 11 is 6.02. The number of ether oxygens (including phenoxy) is 1. The molecule has 4 rings (SSSR count). The monoisotopic (exact) mass is 564 g/mol. The lowest BCUT2D eigenvalue weighted by Gasteiger charge is -2.24. The minimum atomic E-state index is -4.03. The molecular weight excluding hydrogens is 536 g/mol. The van der Waals surface area contributed by atoms with Crippen LogP contribution in [0.5, 0.6) is 5.75 Å². The highest BCUT2D eigenvalue weighted by atomic mass is 35.5. The zero-order chi connectivity index (χ0) is 28.0. The summed E-state index contributed by atoms with van der Waals surface area (Å²) < 4.78 is 35.5. The third-order valence-electron chi connectivity index (χ3n) is 6.00. The van der Waals surface area contributed by atoms with Crippen LogP contribution in [0.25, 0.3) is 5.69 Å². The van der Waals surface area contributed by atoms with Crippen molar-refractivity contribution in [3.63, 3.8) is 0 Å². The number of carbonyl (C=O) groups excluding carboxylic acids is 1. The molecule has 1 heterocycles. The molecule has 0 atom stereocenters. The first-order chi connectivity index (χ1) is 18.7. The molecule has 0 bridgehead atoms. The predicted molar refractivity (Wildman–Crippen MR) is 155 cm³/mol. The molecule has 202 valence electrons. The first kappa shape index (κ1) is 27.9. The number of nitrogens with zero attached hydrogens (tertiary/aromatic N) is 3. The Morgan fingerprint density at radius 3 is 2.33 bits per heavy atom. The number of hydrogen-bond acceptors (Lipinski definition) is 5. The van der Waals surface area contributed by atoms with Crippen LogP contribution in [0, 0.1) is 13.8 Å². The molecule has 3 aromatic carbocycles. The lowest BCUT2D eigenvalue weighted by Crippen LogP contribution is -2.39. The van der Waals surface area contributed by atoms with Gasteiger partial charge in [0.2, 0.25) is 0 Å². The highest BCUT2D eigenvalue weighted by Gasteiger charge is 2.27. The van der Waals surface area contributed by atoms with E-state index in [0.29, 0.717) is 23.1 Å². The summed E-state index contributed by atoms with van der Waals surface area (Å²) in [4.78, 5) is 13.0. The smallest absolute Gasteiger partial charge is 0.264 e. The maximum Gasteiger partial charge on any atom is 0.264 e. The fraction of sp³-hybridized carbons (Fsp3) is 0.172. The van der Waals surface area contributed by atoms with Gasteiger partial charge >= 0.3 is 0 Å². The van der Waals surface area contributed by atoms with E-state index in [1.54, 1.807) is 48.7 Å². The van der Waals surface area contributed by atoms with Gasteiger partial charge in [0.05, 0.1) is 23.4 Å². The Hall–Kier alpha value is -4.08. The SMILES string of the molecule is CCOc1ccc(N(CC(=O)N/N=C\c2cc(C)n(-c3ccc(Cl)cc3)c2C)S(=O)(=O)c2ccccc2)cc1. The van der Waals surface area contributed by atoms with Crippen LogP contribution in [0.1, 0.15) is 23.9 Å². The number of aryl methyl sites for hydroxylation is 1. The van der Waals surface area contributed by atoms with Crippen LogP contribution >= 0.6 is 11.6 Å². The Labute approximate surface area is 233 Å². The number of hydrogen-bond donors (Lipinski definition) is 1. The van der Waals surface area contributed by atoms with E-state index in [-0.39, 0.29) is 4.90 Å². The van der Waals surface area contributed by atoms with Crippen LogP contribution in [-0.4, -0.2) is 38.3 Å². The number of benzene rings is 3. The van der Waals surface area contributed by atoms with Gasteiger partial charge in [0.25, 0.3) is 15.9 Å². The first-order valence-electron chi connectivity index (χ1n) is 12.3. The van der Waals surface area contributed by atoms with Gasteiger partial charge in [-0.1, -0.05) is 29.8 Å². The maximum absolute atomic E-state index is 13.5. The van der Waals surface area contributed by atoms with E-state index in [4.69, 9.17) is 16.3 Å². The number of carbonyl (C=O) groups is 1. The number of amides is 1. The van der Waals surface area contributed by atoms with Crippen molar-refractivity contribution in [2.45, 2.75) is 25.7 Å². The zero-order valence-electron chi connectivity index (χ0n) is 21.8. The summed E-state index contributed by atoms with van der Waals surface area (Å²) in [7, 11) is -4.03. The molecule has 0 aliphatic rings. The lowest BCUT2D eigenvalue weighted by molar-refractivity contribution is -0.119. The third-order valence-corrected chi connectivity index (χ3v) is 8.04. The van der Waals surface area contributed by atoms with Crippen molar-refractivity contribution in [2.75, 3.05) is 17.5 Å². The minimum Gasteiger partial charge on any atom is -0.494 e. The van der Waals surface area contributed by atoms with Crippen molar-refractivity contribution in [1.29, 1.82) is 0 Å². The van der Waals surface area contributed by atoms with Crippen molar-refractivity contribution in [3.05, 3.63) is 107 Å². The molecule has 0 fully saturated rings. The van der Waals surface area contributed by atoms with Crippen LogP contribution in [-0.2, 0) is 14.8 Å². The number of sulfonamides is 1. The summed E-state index contributed by atoms with van der Waals surface area (Å²) in [6, 6.07) is 24.0. The van der Waals surface area contributed by atoms with Gasteiger partial charge in [-0.15, -0.1) is 0 Å². The van der Waals surface area contributed by atoms with Gasteiger partial charge in [-0.05, 0) is 87.5 Å². The Morgan fingerprint density at radius 1 is 1.03 bits per heavy atom. The topological polar surface area (TPSA) is 93.0 Å². The van der Waals surface area contributed by atoms with Crippen LogP contribution in [0.2, 0.25) is 5.02 Å². The second-order valence-corrected chi connectivity index (χ2v) is 11.0. The summed E-state index contributed by atoms with van der Waals surface area (Å²) in [6.45, 7) is 5.80. The zero-order valence-corrected chi connectivity index (χ0v) is 23.4. The van der Waals surface area contributed by atoms with E-state index < -0.39 is 22.5 Å². The second kappa shape index (κ2) is 12.2. The third kappa shape index (κ3) is 6.50. The molecule has 39 heavy (non-hydrogen) atoms. The molecule has 10 heteroatoms. The van der Waals surface area contributed by atoms with Crippen LogP contribution in [0.15, 0.2) is 94.9 Å². The van der Waals surface area contributed by atoms with E-state index in [2.05, 4.69) is 15.1 Å². The summed E-state index contributed by atoms with van der Waals surface area (Å²) in [5.74, 6) is 0.00899. The van der Waals surface area contributed by atoms with E-state index in [9.17, 15) is 13.2 Å². The van der Waals surface area contributed by atoms with E-state index >= 15 is 0 Å². The minimum absolute atomic E-state index is 0.0739. The van der Waals surface area contributed by atoms with Crippen molar-refractivity contribution >= 4 is 39.4 Å². The first-order valence-corrected chi connectivity index (χ1v) is 14.1. The van der Waals surface area contributed by atoms with Gasteiger partial charge in [0.15, 0.2) is 0 Å². The van der Waals surface area contributed by atoms with Crippen molar-refractivity contribution in [1.82, 2.24) is 9.99 Å². The molecular formula is C29H29ClN4O4S. The molecule has 1 N–H and O–H groups in total. The number of nitrogens with one attached hydrogen (secondary N) is 1. The molecule has 4 aromatic rings. The molecule has 0 unspecified atom stereocenters. The van der Waals surface area contributed by atoms with E-state index in [1.165, 1.54) is 12.1 Å². The quantitative estimate of drug-likeness (QED) is 0.203. The number of anilines is 1.